The summed E-state index contributed by atoms with van der Waals surface area (Å²) >= 11 is 0. The van der Waals surface area contributed by atoms with Gasteiger partial charge in [0.1, 0.15) is 5.82 Å². The summed E-state index contributed by atoms with van der Waals surface area (Å²) in [4.78, 5) is 16.7. The number of aromatic amines is 1. The second-order valence-corrected chi connectivity index (χ2v) is 5.88. The van der Waals surface area contributed by atoms with Crippen molar-refractivity contribution in [2.24, 2.45) is 0 Å². The Balaban J connectivity index is 1.94. The van der Waals surface area contributed by atoms with E-state index >= 15 is 0 Å². The van der Waals surface area contributed by atoms with Crippen LogP contribution in [-0.4, -0.2) is 14.6 Å². The molecule has 8 heteroatoms. The molecule has 0 fully saturated rings. The highest BCUT2D eigenvalue weighted by Crippen LogP contribution is 2.33. The summed E-state index contributed by atoms with van der Waals surface area (Å²) < 4.78 is 54.1. The molecule has 0 aliphatic rings. The smallest absolute Gasteiger partial charge is 0.296 e. The molecule has 4 rings (SSSR count). The summed E-state index contributed by atoms with van der Waals surface area (Å²) in [7, 11) is 0. The lowest BCUT2D eigenvalue weighted by molar-refractivity contribution is -0.137. The molecule has 1 N–H and O–H groups in total. The van der Waals surface area contributed by atoms with E-state index in [-0.39, 0.29) is 22.5 Å². The third-order valence-corrected chi connectivity index (χ3v) is 4.15. The number of nitrogens with one attached hydrogen (secondary N) is 1. The van der Waals surface area contributed by atoms with Gasteiger partial charge < -0.3 is 0 Å². The number of H-pyrrole nitrogens is 1. The van der Waals surface area contributed by atoms with E-state index in [1.807, 2.05) is 0 Å². The third kappa shape index (κ3) is 2.99. The van der Waals surface area contributed by atoms with Crippen LogP contribution in [0.25, 0.3) is 28.0 Å². The molecule has 0 aliphatic carbocycles. The van der Waals surface area contributed by atoms with Gasteiger partial charge in [-0.25, -0.2) is 13.9 Å². The normalized spacial score (nSPS) is 11.9. The van der Waals surface area contributed by atoms with Crippen molar-refractivity contribution in [3.8, 4) is 22.4 Å². The lowest BCUT2D eigenvalue weighted by atomic mass is 10.1. The van der Waals surface area contributed by atoms with Crippen molar-refractivity contribution in [1.29, 1.82) is 0 Å². The summed E-state index contributed by atoms with van der Waals surface area (Å²) in [5.41, 5.74) is -0.430. The quantitative estimate of drug-likeness (QED) is 0.526. The highest BCUT2D eigenvalue weighted by molar-refractivity contribution is 5.78. The summed E-state index contributed by atoms with van der Waals surface area (Å²) in [6.07, 6.45) is -3.10. The average Bonchev–Trinajstić information content (AvgIpc) is 3.06. The Morgan fingerprint density at radius 3 is 2.48 bits per heavy atom. The first-order valence-electron chi connectivity index (χ1n) is 7.88. The van der Waals surface area contributed by atoms with E-state index in [0.717, 1.165) is 22.7 Å². The Labute approximate surface area is 149 Å². The van der Waals surface area contributed by atoms with E-state index in [2.05, 4.69) is 10.1 Å². The highest BCUT2D eigenvalue weighted by Gasteiger charge is 2.30. The largest absolute Gasteiger partial charge is 0.416 e. The van der Waals surface area contributed by atoms with Gasteiger partial charge in [-0.2, -0.15) is 13.2 Å². The van der Waals surface area contributed by atoms with E-state index in [4.69, 9.17) is 0 Å². The molecule has 0 unspecified atom stereocenters. The van der Waals surface area contributed by atoms with Gasteiger partial charge in [0.05, 0.1) is 11.3 Å². The molecule has 4 nitrogen and oxygen atoms in total. The number of rotatable bonds is 2. The minimum atomic E-state index is -4.50. The molecule has 0 aliphatic heterocycles. The minimum absolute atomic E-state index is 0.103. The maximum atomic E-state index is 14.1. The van der Waals surface area contributed by atoms with Crippen molar-refractivity contribution in [1.82, 2.24) is 14.6 Å². The summed E-state index contributed by atoms with van der Waals surface area (Å²) in [5.74, 6) is -0.551. The Morgan fingerprint density at radius 1 is 0.963 bits per heavy atom. The molecule has 0 amide bonds. The van der Waals surface area contributed by atoms with Crippen molar-refractivity contribution in [2.45, 2.75) is 6.18 Å². The molecule has 0 atom stereocenters. The first-order chi connectivity index (χ1) is 12.8. The van der Waals surface area contributed by atoms with Gasteiger partial charge >= 0.3 is 6.18 Å². The van der Waals surface area contributed by atoms with E-state index in [1.165, 1.54) is 36.5 Å². The Bertz CT molecular complexity index is 1210. The number of aromatic nitrogens is 3. The zero-order valence-corrected chi connectivity index (χ0v) is 13.6. The van der Waals surface area contributed by atoms with Crippen LogP contribution in [-0.2, 0) is 6.18 Å². The zero-order chi connectivity index (χ0) is 19.2. The van der Waals surface area contributed by atoms with E-state index in [0.29, 0.717) is 5.56 Å². The van der Waals surface area contributed by atoms with Crippen molar-refractivity contribution >= 4 is 5.65 Å². The number of alkyl halides is 3. The fourth-order valence-electron chi connectivity index (χ4n) is 2.86. The molecule has 4 aromatic rings. The predicted molar refractivity (Wildman–Crippen MR) is 91.6 cm³/mol. The van der Waals surface area contributed by atoms with Crippen molar-refractivity contribution in [2.75, 3.05) is 0 Å². The number of benzene rings is 2. The molecule has 0 bridgehead atoms. The molecule has 0 saturated carbocycles. The molecular formula is C19H11F4N3O. The van der Waals surface area contributed by atoms with Crippen LogP contribution in [0.15, 0.2) is 65.6 Å². The van der Waals surface area contributed by atoms with Crippen LogP contribution < -0.4 is 5.56 Å². The number of halogens is 4. The Hall–Kier alpha value is -3.42. The van der Waals surface area contributed by atoms with Gasteiger partial charge in [-0.05, 0) is 29.8 Å². The molecule has 136 valence electrons. The van der Waals surface area contributed by atoms with Crippen LogP contribution >= 0.6 is 0 Å². The second-order valence-electron chi connectivity index (χ2n) is 5.88. The van der Waals surface area contributed by atoms with Gasteiger partial charge in [0.15, 0.2) is 5.65 Å². The average molecular weight is 373 g/mol. The van der Waals surface area contributed by atoms with Crippen molar-refractivity contribution in [3.63, 3.8) is 0 Å². The molecule has 2 aromatic heterocycles. The maximum absolute atomic E-state index is 14.1. The van der Waals surface area contributed by atoms with Crippen molar-refractivity contribution in [3.05, 3.63) is 82.5 Å². The zero-order valence-electron chi connectivity index (χ0n) is 13.6. The molecule has 27 heavy (non-hydrogen) atoms. The summed E-state index contributed by atoms with van der Waals surface area (Å²) in [6.45, 7) is 0. The van der Waals surface area contributed by atoms with Crippen LogP contribution in [0.5, 0.6) is 0 Å². The van der Waals surface area contributed by atoms with Crippen LogP contribution in [0.2, 0.25) is 0 Å². The van der Waals surface area contributed by atoms with Crippen LogP contribution in [0.1, 0.15) is 5.56 Å². The molecular weight excluding hydrogens is 362 g/mol. The number of hydrogen-bond acceptors (Lipinski definition) is 2. The van der Waals surface area contributed by atoms with Gasteiger partial charge in [0.2, 0.25) is 0 Å². The third-order valence-electron chi connectivity index (χ3n) is 4.15. The minimum Gasteiger partial charge on any atom is -0.296 e. The topological polar surface area (TPSA) is 50.2 Å². The number of nitrogens with zero attached hydrogens (tertiary/aromatic N) is 2. The number of hydrogen-bond donors (Lipinski definition) is 1. The predicted octanol–water partition coefficient (Wildman–Crippen LogP) is 4.51. The first kappa shape index (κ1) is 17.0. The summed E-state index contributed by atoms with van der Waals surface area (Å²) in [6, 6.07) is 11.7. The van der Waals surface area contributed by atoms with Crippen LogP contribution in [0.4, 0.5) is 17.6 Å². The van der Waals surface area contributed by atoms with Crippen LogP contribution in [0, 0.1) is 5.82 Å². The molecule has 0 saturated heterocycles. The molecule has 0 radical (unpaired) electrons. The molecule has 2 heterocycles. The van der Waals surface area contributed by atoms with E-state index in [1.54, 1.807) is 6.07 Å². The van der Waals surface area contributed by atoms with Gasteiger partial charge in [0, 0.05) is 23.4 Å². The number of fused-ring (bicyclic) bond motifs is 1. The Kier molecular flexibility index (Phi) is 3.83. The van der Waals surface area contributed by atoms with Crippen LogP contribution in [0.3, 0.4) is 0 Å². The first-order valence-corrected chi connectivity index (χ1v) is 7.88. The second kappa shape index (κ2) is 6.08. The maximum Gasteiger partial charge on any atom is 0.416 e. The van der Waals surface area contributed by atoms with Gasteiger partial charge in [-0.3, -0.25) is 9.89 Å². The monoisotopic (exact) mass is 373 g/mol. The highest BCUT2D eigenvalue weighted by atomic mass is 19.4. The van der Waals surface area contributed by atoms with Gasteiger partial charge in [0.25, 0.3) is 5.56 Å². The lowest BCUT2D eigenvalue weighted by Gasteiger charge is -2.08. The van der Waals surface area contributed by atoms with Gasteiger partial charge in [-0.1, -0.05) is 24.3 Å². The fraction of sp³-hybridized carbons (Fsp3) is 0.0526. The summed E-state index contributed by atoms with van der Waals surface area (Å²) in [5, 5.41) is 2.67. The van der Waals surface area contributed by atoms with E-state index in [9.17, 15) is 22.4 Å². The molecule has 0 spiro atoms. The molecule has 2 aromatic carbocycles. The SMILES string of the molecule is O=c1cc(-c2ccccc2F)nc2c(-c3cccc(C(F)(F)F)c3)c[nH]n12. The lowest BCUT2D eigenvalue weighted by Crippen LogP contribution is -2.14. The standard InChI is InChI=1S/C19H11F4N3O/c20-15-7-2-1-6-13(15)16-9-17(27)26-18(25-16)14(10-24-26)11-4-3-5-12(8-11)19(21,22)23/h1-10,24H. The fourth-order valence-corrected chi connectivity index (χ4v) is 2.86. The van der Waals surface area contributed by atoms with Gasteiger partial charge in [-0.15, -0.1) is 0 Å². The Morgan fingerprint density at radius 2 is 1.74 bits per heavy atom. The van der Waals surface area contributed by atoms with E-state index < -0.39 is 23.1 Å². The van der Waals surface area contributed by atoms with Crippen molar-refractivity contribution < 1.29 is 17.6 Å².